The van der Waals surface area contributed by atoms with E-state index in [2.05, 4.69) is 5.50 Å². The second-order valence-corrected chi connectivity index (χ2v) is 2.76. The van der Waals surface area contributed by atoms with Crippen LogP contribution in [0.3, 0.4) is 0 Å². The van der Waals surface area contributed by atoms with Gasteiger partial charge in [-0.25, -0.2) is 0 Å². The molecule has 0 radical (unpaired) electrons. The molecule has 14 heavy (non-hydrogen) atoms. The van der Waals surface area contributed by atoms with Crippen molar-refractivity contribution in [2.45, 2.75) is 0 Å². The van der Waals surface area contributed by atoms with Gasteiger partial charge in [0.2, 0.25) is 0 Å². The van der Waals surface area contributed by atoms with E-state index in [1.807, 2.05) is 24.3 Å². The van der Waals surface area contributed by atoms with Crippen molar-refractivity contribution in [2.24, 2.45) is 5.50 Å². The van der Waals surface area contributed by atoms with E-state index >= 15 is 0 Å². The lowest BCUT2D eigenvalue weighted by Crippen LogP contribution is -1.88. The summed E-state index contributed by atoms with van der Waals surface area (Å²) in [5.74, 6) is 1.54. The Bertz CT molecular complexity index is 265. The van der Waals surface area contributed by atoms with Crippen LogP contribution in [0, 0.1) is 0 Å². The summed E-state index contributed by atoms with van der Waals surface area (Å²) in [6.07, 6.45) is 0. The van der Waals surface area contributed by atoms with Crippen molar-refractivity contribution in [3.63, 3.8) is 0 Å². The van der Waals surface area contributed by atoms with Crippen molar-refractivity contribution in [1.29, 1.82) is 0 Å². The molecule has 78 valence electrons. The van der Waals surface area contributed by atoms with Crippen molar-refractivity contribution >= 4 is 8.18 Å². The molecule has 0 spiro atoms. The van der Waals surface area contributed by atoms with E-state index in [1.165, 1.54) is 0 Å². The molecule has 0 amide bonds. The minimum atomic E-state index is -2.37. The topological polar surface area (TPSA) is 81.8 Å². The Labute approximate surface area is 83.4 Å². The standard InChI is InChI=1S/C8H10O2.H2NO2P/c1-9-7-5-3-4-6-8(7)10-2;1-4(2)3/h3-6H,1-2H3;(H2-,1,2,3)/p+1. The van der Waals surface area contributed by atoms with Gasteiger partial charge in [-0.3, -0.25) is 0 Å². The molecular weight excluding hydrogens is 205 g/mol. The van der Waals surface area contributed by atoms with Gasteiger partial charge in [0.25, 0.3) is 0 Å². The average Bonchev–Trinajstić information content (AvgIpc) is 2.17. The van der Waals surface area contributed by atoms with Crippen LogP contribution in [-0.4, -0.2) is 19.1 Å². The van der Waals surface area contributed by atoms with E-state index < -0.39 is 8.18 Å². The summed E-state index contributed by atoms with van der Waals surface area (Å²) < 4.78 is 18.9. The summed E-state index contributed by atoms with van der Waals surface area (Å²) in [6.45, 7) is 0. The smallest absolute Gasteiger partial charge is 0.493 e. The summed E-state index contributed by atoms with van der Waals surface area (Å²) in [6, 6.07) is 7.53. The molecule has 6 heteroatoms. The van der Waals surface area contributed by atoms with Gasteiger partial charge < -0.3 is 9.47 Å². The predicted octanol–water partition coefficient (Wildman–Crippen LogP) is 1.30. The summed E-state index contributed by atoms with van der Waals surface area (Å²) in [7, 11) is 0.875. The Morgan fingerprint density at radius 1 is 1.21 bits per heavy atom. The van der Waals surface area contributed by atoms with Gasteiger partial charge in [-0.2, -0.15) is 0 Å². The van der Waals surface area contributed by atoms with Gasteiger partial charge in [0.05, 0.1) is 14.2 Å². The molecular formula is C8H13NO4P+. The molecule has 5 nitrogen and oxygen atoms in total. The van der Waals surface area contributed by atoms with Crippen LogP contribution in [0.25, 0.3) is 0 Å². The Kier molecular flexibility index (Phi) is 6.66. The highest BCUT2D eigenvalue weighted by Crippen LogP contribution is 2.24. The third-order valence-electron chi connectivity index (χ3n) is 1.29. The summed E-state index contributed by atoms with van der Waals surface area (Å²) in [4.78, 5) is 7.34. The van der Waals surface area contributed by atoms with Crippen LogP contribution in [0.5, 0.6) is 11.5 Å². The van der Waals surface area contributed by atoms with Crippen molar-refractivity contribution in [2.75, 3.05) is 14.2 Å². The van der Waals surface area contributed by atoms with E-state index in [9.17, 15) is 0 Å². The third kappa shape index (κ3) is 5.48. The first kappa shape index (κ1) is 12.8. The SMILES string of the molecule is COc1ccccc1OC.N[P+](=O)O. The molecule has 0 aliphatic rings. The first-order valence-corrected chi connectivity index (χ1v) is 4.97. The van der Waals surface area contributed by atoms with E-state index in [0.29, 0.717) is 0 Å². The summed E-state index contributed by atoms with van der Waals surface area (Å²) in [5, 5.41) is 0. The number of ether oxygens (including phenoxy) is 2. The second-order valence-electron chi connectivity index (χ2n) is 2.16. The van der Waals surface area contributed by atoms with E-state index in [0.717, 1.165) is 11.5 Å². The van der Waals surface area contributed by atoms with Crippen LogP contribution < -0.4 is 15.0 Å². The van der Waals surface area contributed by atoms with E-state index in [4.69, 9.17) is 18.9 Å². The lowest BCUT2D eigenvalue weighted by atomic mass is 10.3. The minimum Gasteiger partial charge on any atom is -0.493 e. The number of nitrogens with two attached hydrogens (primary N) is 1. The van der Waals surface area contributed by atoms with Gasteiger partial charge >= 0.3 is 8.18 Å². The van der Waals surface area contributed by atoms with Gasteiger partial charge in [-0.1, -0.05) is 17.6 Å². The highest BCUT2D eigenvalue weighted by molar-refractivity contribution is 7.35. The van der Waals surface area contributed by atoms with E-state index in [1.54, 1.807) is 14.2 Å². The normalized spacial score (nSPS) is 9.57. The second kappa shape index (κ2) is 7.26. The zero-order valence-corrected chi connectivity index (χ0v) is 8.90. The van der Waals surface area contributed by atoms with Crippen molar-refractivity contribution < 1.29 is 18.9 Å². The van der Waals surface area contributed by atoms with Gasteiger partial charge in [-0.15, -0.1) is 4.89 Å². The van der Waals surface area contributed by atoms with Gasteiger partial charge in [0, 0.05) is 0 Å². The summed E-state index contributed by atoms with van der Waals surface area (Å²) >= 11 is 0. The van der Waals surface area contributed by atoms with Crippen LogP contribution >= 0.6 is 8.18 Å². The maximum Gasteiger partial charge on any atom is 0.607 e. The molecule has 1 aromatic carbocycles. The molecule has 1 unspecified atom stereocenters. The van der Waals surface area contributed by atoms with Gasteiger partial charge in [-0.05, 0) is 16.7 Å². The lowest BCUT2D eigenvalue weighted by molar-refractivity contribution is 0.355. The molecule has 0 heterocycles. The van der Waals surface area contributed by atoms with E-state index in [-0.39, 0.29) is 0 Å². The molecule has 0 bridgehead atoms. The number of rotatable bonds is 2. The van der Waals surface area contributed by atoms with Crippen LogP contribution in [0.2, 0.25) is 0 Å². The predicted molar refractivity (Wildman–Crippen MR) is 53.6 cm³/mol. The van der Waals surface area contributed by atoms with Gasteiger partial charge in [0.1, 0.15) is 0 Å². The number of para-hydroxylation sites is 2. The molecule has 3 N–H and O–H groups in total. The fourth-order valence-corrected chi connectivity index (χ4v) is 0.787. The van der Waals surface area contributed by atoms with Crippen molar-refractivity contribution in [1.82, 2.24) is 0 Å². The number of hydrogen-bond acceptors (Lipinski definition) is 3. The Morgan fingerprint density at radius 3 is 1.71 bits per heavy atom. The maximum absolute atomic E-state index is 8.93. The minimum absolute atomic E-state index is 0.769. The zero-order chi connectivity index (χ0) is 11.0. The first-order valence-electron chi connectivity index (χ1n) is 3.69. The fraction of sp³-hybridized carbons (Fsp3) is 0.250. The molecule has 0 saturated carbocycles. The van der Waals surface area contributed by atoms with Crippen molar-refractivity contribution in [3.05, 3.63) is 24.3 Å². The molecule has 1 atom stereocenters. The largest absolute Gasteiger partial charge is 0.607 e. The average molecular weight is 218 g/mol. The number of methoxy groups -OCH3 is 2. The van der Waals surface area contributed by atoms with Crippen LogP contribution in [0.4, 0.5) is 0 Å². The van der Waals surface area contributed by atoms with Crippen LogP contribution in [0.1, 0.15) is 0 Å². The molecule has 0 aliphatic carbocycles. The molecule has 0 fully saturated rings. The third-order valence-corrected chi connectivity index (χ3v) is 1.29. The Morgan fingerprint density at radius 2 is 1.50 bits per heavy atom. The molecule has 0 aliphatic heterocycles. The van der Waals surface area contributed by atoms with Gasteiger partial charge in [0.15, 0.2) is 11.5 Å². The Balaban J connectivity index is 0.000000364. The molecule has 1 aromatic rings. The summed E-state index contributed by atoms with van der Waals surface area (Å²) in [5.41, 5.74) is 4.18. The monoisotopic (exact) mass is 218 g/mol. The molecule has 0 saturated heterocycles. The van der Waals surface area contributed by atoms with Crippen molar-refractivity contribution in [3.8, 4) is 11.5 Å². The quantitative estimate of drug-likeness (QED) is 0.731. The molecule has 0 aromatic heterocycles. The highest BCUT2D eigenvalue weighted by atomic mass is 31.1. The Hall–Kier alpha value is -1.16. The number of benzene rings is 1. The first-order chi connectivity index (χ1) is 6.61. The highest BCUT2D eigenvalue weighted by Gasteiger charge is 1.97. The zero-order valence-electron chi connectivity index (χ0n) is 8.01. The number of hydrogen-bond donors (Lipinski definition) is 2. The maximum atomic E-state index is 8.93. The lowest BCUT2D eigenvalue weighted by Gasteiger charge is -2.04. The molecule has 1 rings (SSSR count). The van der Waals surface area contributed by atoms with Crippen LogP contribution in [0.15, 0.2) is 24.3 Å². The fourth-order valence-electron chi connectivity index (χ4n) is 0.787. The van der Waals surface area contributed by atoms with Crippen LogP contribution in [-0.2, 0) is 4.57 Å².